The summed E-state index contributed by atoms with van der Waals surface area (Å²) in [6, 6.07) is 15.2. The molecule has 0 aromatic heterocycles. The van der Waals surface area contributed by atoms with Gasteiger partial charge in [0.15, 0.2) is 0 Å². The molecule has 0 heterocycles. The van der Waals surface area contributed by atoms with E-state index in [0.717, 1.165) is 16.0 Å². The topological polar surface area (TPSA) is 131 Å². The number of rotatable bonds is 13. The first-order valence-corrected chi connectivity index (χ1v) is 13.1. The average molecular weight is 557 g/mol. The van der Waals surface area contributed by atoms with Crippen LogP contribution in [0.1, 0.15) is 51.7 Å². The minimum Gasteiger partial charge on any atom is -0.480 e. The fourth-order valence-corrected chi connectivity index (χ4v) is 4.20. The van der Waals surface area contributed by atoms with Crippen molar-refractivity contribution in [2.24, 2.45) is 11.8 Å². The summed E-state index contributed by atoms with van der Waals surface area (Å²) in [6.45, 7) is 7.21. The summed E-state index contributed by atoms with van der Waals surface area (Å²) in [5.74, 6) is -2.19. The highest BCUT2D eigenvalue weighted by molar-refractivity contribution is 5.84. The van der Waals surface area contributed by atoms with Gasteiger partial charge in [0, 0.05) is 19.2 Å². The number of anilines is 1. The molecule has 0 spiro atoms. The van der Waals surface area contributed by atoms with E-state index in [1.54, 1.807) is 38.1 Å². The monoisotopic (exact) mass is 556 g/mol. The number of ether oxygens (including phenoxy) is 3. The normalized spacial score (nSPS) is 12.7. The number of carboxylic acid groups (broad SMARTS) is 1. The third-order valence-corrected chi connectivity index (χ3v) is 6.26. The molecule has 0 aliphatic heterocycles. The van der Waals surface area contributed by atoms with Crippen molar-refractivity contribution in [3.05, 3.63) is 65.7 Å². The van der Waals surface area contributed by atoms with Gasteiger partial charge in [0.2, 0.25) is 0 Å². The summed E-state index contributed by atoms with van der Waals surface area (Å²) < 4.78 is 16.0. The molecule has 2 aromatic carbocycles. The fraction of sp³-hybridized carbons (Fsp3) is 0.467. The van der Waals surface area contributed by atoms with Crippen LogP contribution in [0.15, 0.2) is 54.6 Å². The minimum atomic E-state index is -1.12. The Morgan fingerprint density at radius 1 is 0.975 bits per heavy atom. The zero-order chi connectivity index (χ0) is 29.9. The number of nitrogens with zero attached hydrogens (tertiary/aromatic N) is 1. The minimum absolute atomic E-state index is 0.0577. The van der Waals surface area contributed by atoms with Crippen LogP contribution in [0.4, 0.5) is 15.3 Å². The SMILES string of the molecule is COC(=O)Nc1ccc(C[C@H](CC(C)(C)OC(=O)N(C)[C@H](CC(C)C)C(=O)O)C(=O)OCc2ccccc2)cc1. The van der Waals surface area contributed by atoms with Crippen LogP contribution >= 0.6 is 0 Å². The van der Waals surface area contributed by atoms with Crippen molar-refractivity contribution in [3.8, 4) is 0 Å². The van der Waals surface area contributed by atoms with E-state index in [1.165, 1.54) is 14.2 Å². The summed E-state index contributed by atoms with van der Waals surface area (Å²) in [5, 5.41) is 12.2. The highest BCUT2D eigenvalue weighted by Crippen LogP contribution is 2.27. The zero-order valence-electron chi connectivity index (χ0n) is 24.0. The molecule has 10 heteroatoms. The van der Waals surface area contributed by atoms with Crippen molar-refractivity contribution in [1.82, 2.24) is 4.90 Å². The number of likely N-dealkylation sites (N-methyl/N-ethyl adjacent to an activating group) is 1. The molecule has 0 saturated heterocycles. The molecule has 2 N–H and O–H groups in total. The number of aliphatic carboxylic acids is 1. The first-order valence-electron chi connectivity index (χ1n) is 13.1. The number of hydrogen-bond donors (Lipinski definition) is 2. The van der Waals surface area contributed by atoms with E-state index in [0.29, 0.717) is 5.69 Å². The number of hydrogen-bond acceptors (Lipinski definition) is 7. The lowest BCUT2D eigenvalue weighted by Crippen LogP contribution is -2.46. The second-order valence-corrected chi connectivity index (χ2v) is 10.7. The number of benzene rings is 2. The average Bonchev–Trinajstić information content (AvgIpc) is 2.90. The van der Waals surface area contributed by atoms with Gasteiger partial charge in [-0.25, -0.2) is 14.4 Å². The van der Waals surface area contributed by atoms with Crippen LogP contribution < -0.4 is 5.32 Å². The Hall–Kier alpha value is -4.08. The summed E-state index contributed by atoms with van der Waals surface area (Å²) in [5.41, 5.74) is 1.06. The van der Waals surface area contributed by atoms with Gasteiger partial charge in [-0.2, -0.15) is 0 Å². The molecule has 10 nitrogen and oxygen atoms in total. The van der Waals surface area contributed by atoms with Gasteiger partial charge in [-0.15, -0.1) is 0 Å². The number of carbonyl (C=O) groups excluding carboxylic acids is 3. The van der Waals surface area contributed by atoms with E-state index in [-0.39, 0.29) is 31.8 Å². The van der Waals surface area contributed by atoms with Gasteiger partial charge in [-0.1, -0.05) is 56.3 Å². The van der Waals surface area contributed by atoms with Crippen LogP contribution in [0.2, 0.25) is 0 Å². The standard InChI is InChI=1S/C30H40N2O8/c1-20(2)16-25(26(33)34)32(5)29(37)40-30(3,4)18-23(27(35)39-19-22-10-8-7-9-11-22)17-21-12-14-24(15-13-21)31-28(36)38-6/h7-15,20,23,25H,16-19H2,1-6H3,(H,31,36)(H,33,34)/t23-,25-/m1/s1. The van der Waals surface area contributed by atoms with E-state index < -0.39 is 41.7 Å². The van der Waals surface area contributed by atoms with Gasteiger partial charge >= 0.3 is 24.1 Å². The summed E-state index contributed by atoms with van der Waals surface area (Å²) in [6.07, 6.45) is -0.690. The zero-order valence-corrected chi connectivity index (χ0v) is 24.0. The van der Waals surface area contributed by atoms with Gasteiger partial charge in [-0.05, 0) is 55.9 Å². The number of carbonyl (C=O) groups is 4. The van der Waals surface area contributed by atoms with Gasteiger partial charge in [0.1, 0.15) is 18.2 Å². The third-order valence-electron chi connectivity index (χ3n) is 6.26. The van der Waals surface area contributed by atoms with Crippen LogP contribution in [-0.2, 0) is 36.8 Å². The van der Waals surface area contributed by atoms with Crippen LogP contribution in [0.5, 0.6) is 0 Å². The first kappa shape index (κ1) is 32.1. The molecule has 0 fully saturated rings. The quantitative estimate of drug-likeness (QED) is 0.244. The molecule has 2 aromatic rings. The number of esters is 1. The number of amides is 2. The molecule has 2 atom stereocenters. The van der Waals surface area contributed by atoms with E-state index in [1.807, 2.05) is 44.2 Å². The maximum Gasteiger partial charge on any atom is 0.411 e. The van der Waals surface area contributed by atoms with Crippen molar-refractivity contribution in [2.45, 2.75) is 65.2 Å². The molecule has 2 rings (SSSR count). The molecule has 0 bridgehead atoms. The Balaban J connectivity index is 2.19. The summed E-state index contributed by atoms with van der Waals surface area (Å²) in [7, 11) is 2.67. The molecular weight excluding hydrogens is 516 g/mol. The van der Waals surface area contributed by atoms with Gasteiger partial charge in [-0.3, -0.25) is 15.0 Å². The summed E-state index contributed by atoms with van der Waals surface area (Å²) in [4.78, 5) is 50.5. The maximum atomic E-state index is 13.3. The van der Waals surface area contributed by atoms with E-state index in [2.05, 4.69) is 10.1 Å². The largest absolute Gasteiger partial charge is 0.480 e. The Morgan fingerprint density at radius 3 is 2.15 bits per heavy atom. The van der Waals surface area contributed by atoms with Crippen molar-refractivity contribution in [2.75, 3.05) is 19.5 Å². The molecular formula is C30H40N2O8. The second kappa shape index (κ2) is 14.9. The van der Waals surface area contributed by atoms with Gasteiger partial charge < -0.3 is 19.3 Å². The molecule has 218 valence electrons. The fourth-order valence-electron chi connectivity index (χ4n) is 4.20. The molecule has 0 aliphatic carbocycles. The van der Waals surface area contributed by atoms with Crippen LogP contribution in [-0.4, -0.2) is 59.9 Å². The Labute approximate surface area is 235 Å². The number of methoxy groups -OCH3 is 1. The molecule has 2 amide bonds. The lowest BCUT2D eigenvalue weighted by atomic mass is 9.88. The smallest absolute Gasteiger partial charge is 0.411 e. The van der Waals surface area contributed by atoms with Crippen molar-refractivity contribution in [3.63, 3.8) is 0 Å². The maximum absolute atomic E-state index is 13.3. The first-order chi connectivity index (χ1) is 18.8. The van der Waals surface area contributed by atoms with Gasteiger partial charge in [0.25, 0.3) is 0 Å². The summed E-state index contributed by atoms with van der Waals surface area (Å²) >= 11 is 0. The Bertz CT molecular complexity index is 1130. The highest BCUT2D eigenvalue weighted by atomic mass is 16.6. The van der Waals surface area contributed by atoms with Gasteiger partial charge in [0.05, 0.1) is 13.0 Å². The van der Waals surface area contributed by atoms with E-state index in [4.69, 9.17) is 9.47 Å². The lowest BCUT2D eigenvalue weighted by Gasteiger charge is -2.33. The highest BCUT2D eigenvalue weighted by Gasteiger charge is 2.35. The van der Waals surface area contributed by atoms with Crippen LogP contribution in [0.25, 0.3) is 0 Å². The van der Waals surface area contributed by atoms with Crippen molar-refractivity contribution in [1.29, 1.82) is 0 Å². The molecule has 0 radical (unpaired) electrons. The Morgan fingerprint density at radius 2 is 1.60 bits per heavy atom. The Kier molecular flexibility index (Phi) is 12.0. The molecule has 0 saturated carbocycles. The number of nitrogens with one attached hydrogen (secondary N) is 1. The third kappa shape index (κ3) is 10.6. The lowest BCUT2D eigenvalue weighted by molar-refractivity contribution is -0.152. The molecule has 0 unspecified atom stereocenters. The van der Waals surface area contributed by atoms with E-state index in [9.17, 15) is 24.3 Å². The van der Waals surface area contributed by atoms with Crippen LogP contribution in [0.3, 0.4) is 0 Å². The van der Waals surface area contributed by atoms with Crippen LogP contribution in [0, 0.1) is 11.8 Å². The molecule has 40 heavy (non-hydrogen) atoms. The van der Waals surface area contributed by atoms with Crippen molar-refractivity contribution < 1.29 is 38.5 Å². The molecule has 0 aliphatic rings. The predicted molar refractivity (Wildman–Crippen MR) is 150 cm³/mol. The predicted octanol–water partition coefficient (Wildman–Crippen LogP) is 5.50. The second-order valence-electron chi connectivity index (χ2n) is 10.7. The van der Waals surface area contributed by atoms with E-state index >= 15 is 0 Å². The number of carboxylic acids is 1. The van der Waals surface area contributed by atoms with Crippen molar-refractivity contribution >= 4 is 29.8 Å².